The highest BCUT2D eigenvalue weighted by Gasteiger charge is 2.47. The highest BCUT2D eigenvalue weighted by molar-refractivity contribution is 6.74. The number of ether oxygens (including phenoxy) is 3. The molecule has 1 saturated heterocycles. The second-order valence-corrected chi connectivity index (χ2v) is 13.5. The maximum Gasteiger partial charge on any atom is 0.269 e. The maximum atomic E-state index is 10.8. The summed E-state index contributed by atoms with van der Waals surface area (Å²) >= 11 is 0. The Morgan fingerprint density at radius 3 is 2.24 bits per heavy atom. The lowest BCUT2D eigenvalue weighted by Crippen LogP contribution is -2.61. The second kappa shape index (κ2) is 9.07. The molecule has 29 heavy (non-hydrogen) atoms. The zero-order chi connectivity index (χ0) is 22.0. The van der Waals surface area contributed by atoms with Gasteiger partial charge in [0.1, 0.15) is 30.2 Å². The largest absolute Gasteiger partial charge is 0.462 e. The van der Waals surface area contributed by atoms with Crippen LogP contribution in [0, 0.1) is 10.1 Å². The van der Waals surface area contributed by atoms with Crippen LogP contribution in [0.15, 0.2) is 24.3 Å². The molecule has 0 unspecified atom stereocenters. The highest BCUT2D eigenvalue weighted by Crippen LogP contribution is 2.37. The molecule has 0 spiro atoms. The molecule has 2 rings (SSSR count). The Morgan fingerprint density at radius 1 is 1.17 bits per heavy atom. The summed E-state index contributed by atoms with van der Waals surface area (Å²) in [6.07, 6.45) is -5.18. The molecule has 1 aliphatic heterocycles. The van der Waals surface area contributed by atoms with Gasteiger partial charge in [-0.2, -0.15) is 0 Å². The number of methoxy groups -OCH3 is 1. The summed E-state index contributed by atoms with van der Waals surface area (Å²) in [4.78, 5) is 10.3. The second-order valence-electron chi connectivity index (χ2n) is 8.66. The Hall–Kier alpha value is -1.56. The zero-order valence-electron chi connectivity index (χ0n) is 17.7. The summed E-state index contributed by atoms with van der Waals surface area (Å²) in [5.41, 5.74) is -0.0756. The predicted molar refractivity (Wildman–Crippen MR) is 108 cm³/mol. The summed E-state index contributed by atoms with van der Waals surface area (Å²) in [7, 11) is -0.694. The molecule has 1 fully saturated rings. The Balaban J connectivity index is 2.13. The van der Waals surface area contributed by atoms with E-state index in [0.29, 0.717) is 0 Å². The first-order valence-electron chi connectivity index (χ1n) is 9.47. The number of non-ortho nitro benzene ring substituents is 1. The van der Waals surface area contributed by atoms with E-state index in [2.05, 4.69) is 33.9 Å². The SMILES string of the molecule is CO[C@H]1[C@@H](O)[C@@H](CO[Si](C)(C)C(C)(C)C)O[C@@H](Oc2ccc([N+](=O)[O-])cc2)[C@@H]1O. The van der Waals surface area contributed by atoms with Crippen LogP contribution in [-0.2, 0) is 13.9 Å². The van der Waals surface area contributed by atoms with E-state index in [1.165, 1.54) is 31.4 Å². The Morgan fingerprint density at radius 2 is 1.76 bits per heavy atom. The molecule has 5 atom stereocenters. The van der Waals surface area contributed by atoms with Crippen LogP contribution in [-0.4, -0.2) is 67.9 Å². The number of nitro benzene ring substituents is 1. The Bertz CT molecular complexity index is 690. The third-order valence-corrected chi connectivity index (χ3v) is 10.1. The molecule has 1 heterocycles. The van der Waals surface area contributed by atoms with Crippen molar-refractivity contribution in [3.05, 3.63) is 34.4 Å². The molecule has 1 aliphatic rings. The van der Waals surface area contributed by atoms with E-state index >= 15 is 0 Å². The molecule has 0 aliphatic carbocycles. The summed E-state index contributed by atoms with van der Waals surface area (Å²) in [5.74, 6) is 0.287. The van der Waals surface area contributed by atoms with E-state index in [1.54, 1.807) is 0 Å². The van der Waals surface area contributed by atoms with E-state index < -0.39 is 43.9 Å². The minimum absolute atomic E-state index is 0.0125. The fourth-order valence-electron chi connectivity index (χ4n) is 2.70. The third kappa shape index (κ3) is 5.53. The van der Waals surface area contributed by atoms with Gasteiger partial charge in [0.05, 0.1) is 11.5 Å². The first kappa shape index (κ1) is 23.7. The summed E-state index contributed by atoms with van der Waals surface area (Å²) in [6, 6.07) is 5.43. The lowest BCUT2D eigenvalue weighted by Gasteiger charge is -2.43. The lowest BCUT2D eigenvalue weighted by atomic mass is 9.99. The predicted octanol–water partition coefficient (Wildman–Crippen LogP) is 2.46. The van der Waals surface area contributed by atoms with Crippen molar-refractivity contribution in [2.45, 2.75) is 69.6 Å². The van der Waals surface area contributed by atoms with E-state index in [9.17, 15) is 20.3 Å². The van der Waals surface area contributed by atoms with Crippen molar-refractivity contribution in [1.82, 2.24) is 0 Å². The standard InChI is InChI=1S/C19H31NO8Si/c1-19(2,3)29(5,6)26-11-14-15(21)17(25-4)16(22)18(28-14)27-13-9-7-12(8-10-13)20(23)24/h7-10,14-18,21-22H,11H2,1-6H3/t14-,15+,16-,17+,18-/m1/s1. The van der Waals surface area contributed by atoms with Crippen molar-refractivity contribution in [2.24, 2.45) is 0 Å². The smallest absolute Gasteiger partial charge is 0.269 e. The van der Waals surface area contributed by atoms with Crippen molar-refractivity contribution in [3.8, 4) is 5.75 Å². The molecule has 164 valence electrons. The van der Waals surface area contributed by atoms with Crippen LogP contribution in [0.5, 0.6) is 5.75 Å². The number of aliphatic hydroxyl groups is 2. The van der Waals surface area contributed by atoms with E-state index in [-0.39, 0.29) is 23.1 Å². The minimum atomic E-state index is -2.08. The van der Waals surface area contributed by atoms with Gasteiger partial charge in [0.25, 0.3) is 5.69 Å². The normalized spacial score (nSPS) is 28.2. The first-order chi connectivity index (χ1) is 13.4. The minimum Gasteiger partial charge on any atom is -0.462 e. The fraction of sp³-hybridized carbons (Fsp3) is 0.684. The van der Waals surface area contributed by atoms with Gasteiger partial charge < -0.3 is 28.8 Å². The van der Waals surface area contributed by atoms with Gasteiger partial charge in [-0.3, -0.25) is 10.1 Å². The van der Waals surface area contributed by atoms with Gasteiger partial charge >= 0.3 is 0 Å². The van der Waals surface area contributed by atoms with E-state index in [0.717, 1.165) is 0 Å². The van der Waals surface area contributed by atoms with Crippen LogP contribution in [0.25, 0.3) is 0 Å². The van der Waals surface area contributed by atoms with Crippen molar-refractivity contribution in [2.75, 3.05) is 13.7 Å². The number of nitro groups is 1. The average molecular weight is 430 g/mol. The van der Waals surface area contributed by atoms with Crippen LogP contribution < -0.4 is 4.74 Å². The molecule has 2 N–H and O–H groups in total. The molecule has 0 saturated carbocycles. The van der Waals surface area contributed by atoms with Crippen LogP contribution in [0.3, 0.4) is 0 Å². The van der Waals surface area contributed by atoms with Crippen LogP contribution in [0.2, 0.25) is 18.1 Å². The molecular formula is C19H31NO8Si. The average Bonchev–Trinajstić information content (AvgIpc) is 2.63. The van der Waals surface area contributed by atoms with Crippen LogP contribution in [0.1, 0.15) is 20.8 Å². The van der Waals surface area contributed by atoms with Gasteiger partial charge in [-0.15, -0.1) is 0 Å². The summed E-state index contributed by atoms with van der Waals surface area (Å²) in [5, 5.41) is 31.8. The van der Waals surface area contributed by atoms with Gasteiger partial charge in [-0.1, -0.05) is 20.8 Å². The topological polar surface area (TPSA) is 121 Å². The number of benzene rings is 1. The molecule has 1 aromatic carbocycles. The zero-order valence-corrected chi connectivity index (χ0v) is 18.7. The first-order valence-corrected chi connectivity index (χ1v) is 12.4. The molecule has 1 aromatic rings. The third-order valence-electron chi connectivity index (χ3n) is 5.63. The van der Waals surface area contributed by atoms with Gasteiger partial charge in [-0.05, 0) is 30.3 Å². The highest BCUT2D eigenvalue weighted by atomic mass is 28.4. The fourth-order valence-corrected chi connectivity index (χ4v) is 3.72. The number of rotatable bonds is 7. The van der Waals surface area contributed by atoms with Gasteiger partial charge in [0.15, 0.2) is 8.32 Å². The molecule has 9 nitrogen and oxygen atoms in total. The van der Waals surface area contributed by atoms with Crippen molar-refractivity contribution < 1.29 is 33.8 Å². The van der Waals surface area contributed by atoms with Gasteiger partial charge in [0, 0.05) is 19.2 Å². The van der Waals surface area contributed by atoms with Crippen molar-refractivity contribution in [3.63, 3.8) is 0 Å². The maximum absolute atomic E-state index is 10.8. The van der Waals surface area contributed by atoms with E-state index in [1.807, 2.05) is 0 Å². The number of hydrogen-bond donors (Lipinski definition) is 2. The van der Waals surface area contributed by atoms with E-state index in [4.69, 9.17) is 18.6 Å². The molecule has 0 aromatic heterocycles. The molecule has 0 amide bonds. The van der Waals surface area contributed by atoms with Crippen LogP contribution >= 0.6 is 0 Å². The summed E-state index contributed by atoms with van der Waals surface area (Å²) < 4.78 is 22.9. The molecule has 0 radical (unpaired) electrons. The Labute approximate surface area is 171 Å². The van der Waals surface area contributed by atoms with Gasteiger partial charge in [-0.25, -0.2) is 0 Å². The van der Waals surface area contributed by atoms with Crippen LogP contribution in [0.4, 0.5) is 5.69 Å². The number of hydrogen-bond acceptors (Lipinski definition) is 8. The van der Waals surface area contributed by atoms with Gasteiger partial charge in [0.2, 0.25) is 6.29 Å². The molecule has 0 bridgehead atoms. The van der Waals surface area contributed by atoms with Crippen molar-refractivity contribution >= 4 is 14.0 Å². The Kier molecular flexibility index (Phi) is 7.41. The molecule has 10 heteroatoms. The molecular weight excluding hydrogens is 398 g/mol. The monoisotopic (exact) mass is 429 g/mol. The lowest BCUT2D eigenvalue weighted by molar-refractivity contribution is -0.384. The quantitative estimate of drug-likeness (QED) is 0.385. The number of aliphatic hydroxyl groups excluding tert-OH is 2. The number of nitrogens with zero attached hydrogens (tertiary/aromatic N) is 1. The van der Waals surface area contributed by atoms with Crippen molar-refractivity contribution in [1.29, 1.82) is 0 Å². The summed E-state index contributed by atoms with van der Waals surface area (Å²) in [6.45, 7) is 10.6.